The predicted molar refractivity (Wildman–Crippen MR) is 146 cm³/mol. The van der Waals surface area contributed by atoms with E-state index in [0.29, 0.717) is 35.0 Å². The van der Waals surface area contributed by atoms with Gasteiger partial charge in [0.05, 0.1) is 24.4 Å². The third-order valence-electron chi connectivity index (χ3n) is 7.87. The molecule has 3 saturated carbocycles. The Morgan fingerprint density at radius 3 is 2.62 bits per heavy atom. The van der Waals surface area contributed by atoms with E-state index in [9.17, 15) is 9.59 Å². The highest BCUT2D eigenvalue weighted by Gasteiger charge is 2.51. The second-order valence-electron chi connectivity index (χ2n) is 10.0. The van der Waals surface area contributed by atoms with Gasteiger partial charge in [0.25, 0.3) is 5.56 Å². The fourth-order valence-corrected chi connectivity index (χ4v) is 5.78. The minimum atomic E-state index is -0.366. The van der Waals surface area contributed by atoms with Crippen molar-refractivity contribution in [3.8, 4) is 0 Å². The molecule has 1 aliphatic heterocycles. The van der Waals surface area contributed by atoms with Gasteiger partial charge in [0.15, 0.2) is 5.69 Å². The van der Waals surface area contributed by atoms with Gasteiger partial charge in [-0.1, -0.05) is 30.5 Å². The molecule has 198 valence electrons. The maximum atomic E-state index is 13.8. The average Bonchev–Trinajstić information content (AvgIpc) is 3.30. The molecule has 2 bridgehead atoms. The monoisotopic (exact) mass is 506 g/mol. The Labute approximate surface area is 219 Å². The van der Waals surface area contributed by atoms with Crippen molar-refractivity contribution in [3.63, 3.8) is 0 Å². The molecular formula is C29H38N4O4. The summed E-state index contributed by atoms with van der Waals surface area (Å²) in [6, 6.07) is 0.227. The number of carbonyl (C=O) groups is 1. The van der Waals surface area contributed by atoms with Crippen molar-refractivity contribution >= 4 is 23.8 Å². The lowest BCUT2D eigenvalue weighted by molar-refractivity contribution is -0.142. The Morgan fingerprint density at radius 1 is 1.27 bits per heavy atom. The minimum Gasteiger partial charge on any atom is -0.466 e. The molecule has 1 aromatic rings. The fraction of sp³-hybridized carbons (Fsp3) is 0.517. The Morgan fingerprint density at radius 2 is 2.03 bits per heavy atom. The molecule has 4 fully saturated rings. The van der Waals surface area contributed by atoms with Gasteiger partial charge in [-0.3, -0.25) is 9.59 Å². The number of aromatic nitrogens is 2. The lowest BCUT2D eigenvalue weighted by Gasteiger charge is -2.56. The normalized spacial score (nSPS) is 23.2. The van der Waals surface area contributed by atoms with Crippen LogP contribution in [-0.2, 0) is 14.4 Å². The van der Waals surface area contributed by atoms with E-state index in [1.165, 1.54) is 24.7 Å². The summed E-state index contributed by atoms with van der Waals surface area (Å²) in [5.74, 6) is 0.809. The Balaban J connectivity index is 1.62. The number of hydrogen-bond acceptors (Lipinski definition) is 7. The van der Waals surface area contributed by atoms with Gasteiger partial charge >= 0.3 is 5.97 Å². The van der Waals surface area contributed by atoms with Gasteiger partial charge in [0, 0.05) is 36.9 Å². The molecule has 3 aliphatic carbocycles. The number of hydrogen-bond donors (Lipinski definition) is 0. The van der Waals surface area contributed by atoms with E-state index < -0.39 is 0 Å². The van der Waals surface area contributed by atoms with Gasteiger partial charge in [-0.05, 0) is 63.5 Å². The lowest BCUT2D eigenvalue weighted by atomic mass is 9.49. The summed E-state index contributed by atoms with van der Waals surface area (Å²) < 4.78 is 6.78. The smallest absolute Gasteiger partial charge is 0.306 e. The van der Waals surface area contributed by atoms with Crippen LogP contribution in [0.4, 0.5) is 0 Å². The summed E-state index contributed by atoms with van der Waals surface area (Å²) in [6.45, 7) is 17.2. The zero-order valence-electron chi connectivity index (χ0n) is 22.2. The number of carbonyl (C=O) groups excluding carboxylic acids is 1. The molecule has 37 heavy (non-hydrogen) atoms. The van der Waals surface area contributed by atoms with E-state index in [0.717, 1.165) is 25.8 Å². The molecule has 0 N–H and O–H groups in total. The highest BCUT2D eigenvalue weighted by molar-refractivity contribution is 6.00. The van der Waals surface area contributed by atoms with Crippen LogP contribution in [0.25, 0.3) is 12.2 Å². The standard InChI is InChI=1S/C29H38N4O4/c1-7-24-26(8-2)33(29(35)28(30-24)25(31-36-6)12-13-27(34)37-9-3)18(4)15-20-11-10-14-32(20)17-23-21-16-22(23)19(21)5/h7-8,17-18,20-22H,1-2,5,9-16H2,3-4,6H3/b23-17?,31-25+/t18-,20-,21?,22?/m0/s1. The van der Waals surface area contributed by atoms with Gasteiger partial charge in [0.2, 0.25) is 0 Å². The highest BCUT2D eigenvalue weighted by Crippen LogP contribution is 2.62. The van der Waals surface area contributed by atoms with Crippen LogP contribution in [0.3, 0.4) is 0 Å². The maximum Gasteiger partial charge on any atom is 0.306 e. The van der Waals surface area contributed by atoms with Crippen LogP contribution in [-0.4, -0.2) is 52.4 Å². The van der Waals surface area contributed by atoms with Crippen LogP contribution in [0.15, 0.2) is 47.0 Å². The molecule has 0 spiro atoms. The van der Waals surface area contributed by atoms with Crippen molar-refractivity contribution in [1.82, 2.24) is 14.5 Å². The second kappa shape index (κ2) is 11.3. The van der Waals surface area contributed by atoms with Crippen LogP contribution >= 0.6 is 0 Å². The van der Waals surface area contributed by atoms with Crippen LogP contribution < -0.4 is 5.56 Å². The van der Waals surface area contributed by atoms with Crippen molar-refractivity contribution in [2.24, 2.45) is 17.0 Å². The summed E-state index contributed by atoms with van der Waals surface area (Å²) in [7, 11) is 1.41. The third kappa shape index (κ3) is 5.06. The molecule has 0 amide bonds. The summed E-state index contributed by atoms with van der Waals surface area (Å²) in [4.78, 5) is 37.9. The van der Waals surface area contributed by atoms with Crippen LogP contribution in [0.5, 0.6) is 0 Å². The Hall–Kier alpha value is -3.42. The first kappa shape index (κ1) is 26.6. The minimum absolute atomic E-state index is 0.0689. The van der Waals surface area contributed by atoms with E-state index in [1.807, 2.05) is 0 Å². The van der Waals surface area contributed by atoms with Gasteiger partial charge in [-0.2, -0.15) is 0 Å². The summed E-state index contributed by atoms with van der Waals surface area (Å²) >= 11 is 0. The maximum absolute atomic E-state index is 13.8. The number of nitrogens with zero attached hydrogens (tertiary/aromatic N) is 4. The van der Waals surface area contributed by atoms with Crippen molar-refractivity contribution in [2.45, 2.75) is 64.5 Å². The number of oxime groups is 1. The lowest BCUT2D eigenvalue weighted by Crippen LogP contribution is -2.46. The van der Waals surface area contributed by atoms with E-state index in [4.69, 9.17) is 9.57 Å². The molecule has 8 nitrogen and oxygen atoms in total. The first-order valence-electron chi connectivity index (χ1n) is 13.2. The molecule has 1 aromatic heterocycles. The topological polar surface area (TPSA) is 86.0 Å². The second-order valence-corrected chi connectivity index (χ2v) is 10.0. The van der Waals surface area contributed by atoms with Gasteiger partial charge < -0.3 is 19.0 Å². The van der Waals surface area contributed by atoms with E-state index in [2.05, 4.69) is 47.9 Å². The van der Waals surface area contributed by atoms with Crippen molar-refractivity contribution < 1.29 is 14.4 Å². The molecule has 8 heteroatoms. The van der Waals surface area contributed by atoms with Crippen LogP contribution in [0.2, 0.25) is 0 Å². The third-order valence-corrected chi connectivity index (χ3v) is 7.87. The molecule has 1 saturated heterocycles. The van der Waals surface area contributed by atoms with Crippen molar-refractivity contribution in [1.29, 1.82) is 0 Å². The predicted octanol–water partition coefficient (Wildman–Crippen LogP) is 4.73. The fourth-order valence-electron chi connectivity index (χ4n) is 5.78. The van der Waals surface area contributed by atoms with E-state index in [-0.39, 0.29) is 42.7 Å². The zero-order valence-corrected chi connectivity index (χ0v) is 22.2. The summed E-state index contributed by atoms with van der Waals surface area (Å²) in [5.41, 5.74) is 4.24. The van der Waals surface area contributed by atoms with Crippen molar-refractivity contribution in [3.05, 3.63) is 64.5 Å². The van der Waals surface area contributed by atoms with Crippen LogP contribution in [0.1, 0.15) is 75.5 Å². The largest absolute Gasteiger partial charge is 0.466 e. The average molecular weight is 507 g/mol. The molecule has 2 unspecified atom stereocenters. The molecule has 0 radical (unpaired) electrons. The van der Waals surface area contributed by atoms with Gasteiger partial charge in [-0.25, -0.2) is 4.98 Å². The highest BCUT2D eigenvalue weighted by atomic mass is 16.6. The SMILES string of the molecule is C=Cc1nc(/C(CCC(=O)OCC)=N/OC)c(=O)n([C@@H](C)C[C@@H]2CCCN2C=C2C3CC2C3=C)c1C=C. The number of rotatable bonds is 12. The molecule has 4 aliphatic rings. The molecule has 2 heterocycles. The Bertz CT molecular complexity index is 1200. The number of likely N-dealkylation sites (tertiary alicyclic amines) is 1. The van der Waals surface area contributed by atoms with Crippen molar-refractivity contribution in [2.75, 3.05) is 20.3 Å². The molecule has 4 atom stereocenters. The number of allylic oxidation sites excluding steroid dienone is 2. The molecule has 5 rings (SSSR count). The van der Waals surface area contributed by atoms with Crippen LogP contribution in [0, 0.1) is 11.8 Å². The van der Waals surface area contributed by atoms with Gasteiger partial charge in [0.1, 0.15) is 12.8 Å². The Kier molecular flexibility index (Phi) is 8.15. The zero-order chi connectivity index (χ0) is 26.7. The van der Waals surface area contributed by atoms with Gasteiger partial charge in [-0.15, -0.1) is 0 Å². The number of esters is 1. The summed E-state index contributed by atoms with van der Waals surface area (Å²) in [5, 5.41) is 4.05. The quantitative estimate of drug-likeness (QED) is 0.176. The number of ether oxygens (including phenoxy) is 1. The first-order chi connectivity index (χ1) is 17.8. The van der Waals surface area contributed by atoms with E-state index in [1.54, 1.807) is 23.6 Å². The van der Waals surface area contributed by atoms with E-state index >= 15 is 0 Å². The molecular weight excluding hydrogens is 468 g/mol. The molecule has 0 aromatic carbocycles. The first-order valence-corrected chi connectivity index (χ1v) is 13.2. The summed E-state index contributed by atoms with van der Waals surface area (Å²) in [6.07, 6.45) is 10.2.